The SMILES string of the molecule is Cl.Cl.N=C(N)c1ccc(NC(=O)c2ccc(C(=O)Nc3ccc(C(=N)N)cc3)c(N)c2)cc1. The minimum Gasteiger partial charge on any atom is -0.398 e. The van der Waals surface area contributed by atoms with Gasteiger partial charge in [-0.25, -0.2) is 0 Å². The van der Waals surface area contributed by atoms with Gasteiger partial charge in [-0.1, -0.05) is 0 Å². The quantitative estimate of drug-likeness (QED) is 0.159. The summed E-state index contributed by atoms with van der Waals surface area (Å²) in [6, 6.07) is 17.4. The number of benzene rings is 3. The van der Waals surface area contributed by atoms with E-state index >= 15 is 0 Å². The summed E-state index contributed by atoms with van der Waals surface area (Å²) >= 11 is 0. The molecule has 0 spiro atoms. The van der Waals surface area contributed by atoms with Crippen LogP contribution in [0.15, 0.2) is 66.7 Å². The van der Waals surface area contributed by atoms with Gasteiger partial charge in [0.2, 0.25) is 0 Å². The number of carbonyl (C=O) groups is 2. The van der Waals surface area contributed by atoms with Crippen molar-refractivity contribution < 1.29 is 9.59 Å². The molecule has 172 valence electrons. The minimum atomic E-state index is -0.431. The van der Waals surface area contributed by atoms with Crippen LogP contribution < -0.4 is 27.8 Å². The van der Waals surface area contributed by atoms with Crippen molar-refractivity contribution in [3.8, 4) is 0 Å². The average molecular weight is 488 g/mol. The predicted octanol–water partition coefficient (Wildman–Crippen LogP) is 3.19. The predicted molar refractivity (Wildman–Crippen MR) is 136 cm³/mol. The molecule has 9 nitrogen and oxygen atoms in total. The Bertz CT molecular complexity index is 1180. The molecule has 0 fully saturated rings. The number of nitrogens with one attached hydrogen (secondary N) is 4. The van der Waals surface area contributed by atoms with Gasteiger partial charge in [-0.15, -0.1) is 24.8 Å². The average Bonchev–Trinajstić information content (AvgIpc) is 2.74. The lowest BCUT2D eigenvalue weighted by Gasteiger charge is -2.10. The second-order valence-corrected chi connectivity index (χ2v) is 6.69. The van der Waals surface area contributed by atoms with E-state index in [1.807, 2.05) is 0 Å². The van der Waals surface area contributed by atoms with E-state index in [4.69, 9.17) is 28.0 Å². The smallest absolute Gasteiger partial charge is 0.257 e. The van der Waals surface area contributed by atoms with Gasteiger partial charge in [0, 0.05) is 33.8 Å². The standard InChI is InChI=1S/C22H21N7O2.2ClH/c23-18-11-14(21(30)28-15-6-1-12(2-7-15)19(24)25)5-10-17(18)22(31)29-16-8-3-13(4-9-16)20(26)27;;/h1-11H,23H2,(H3,24,25)(H3,26,27)(H,28,30)(H,29,31);2*1H. The summed E-state index contributed by atoms with van der Waals surface area (Å²) in [6.07, 6.45) is 0. The highest BCUT2D eigenvalue weighted by atomic mass is 35.5. The first-order chi connectivity index (χ1) is 14.7. The third-order valence-corrected chi connectivity index (χ3v) is 4.47. The summed E-state index contributed by atoms with van der Waals surface area (Å²) in [5.41, 5.74) is 19.6. The van der Waals surface area contributed by atoms with Gasteiger partial charge in [0.15, 0.2) is 0 Å². The van der Waals surface area contributed by atoms with E-state index in [0.29, 0.717) is 22.5 Å². The van der Waals surface area contributed by atoms with E-state index in [2.05, 4.69) is 10.6 Å². The summed E-state index contributed by atoms with van der Waals surface area (Å²) < 4.78 is 0. The summed E-state index contributed by atoms with van der Waals surface area (Å²) in [4.78, 5) is 25.0. The summed E-state index contributed by atoms with van der Waals surface area (Å²) in [7, 11) is 0. The van der Waals surface area contributed by atoms with E-state index in [1.54, 1.807) is 48.5 Å². The van der Waals surface area contributed by atoms with Crippen molar-refractivity contribution in [2.24, 2.45) is 11.5 Å². The highest BCUT2D eigenvalue weighted by molar-refractivity contribution is 6.10. The van der Waals surface area contributed by atoms with Crippen molar-refractivity contribution >= 4 is 65.4 Å². The van der Waals surface area contributed by atoms with Gasteiger partial charge in [0.25, 0.3) is 11.8 Å². The Kier molecular flexibility index (Phi) is 9.40. The van der Waals surface area contributed by atoms with Crippen molar-refractivity contribution in [1.82, 2.24) is 0 Å². The Balaban J connectivity index is 0.00000272. The van der Waals surface area contributed by atoms with Crippen LogP contribution in [-0.4, -0.2) is 23.5 Å². The molecular weight excluding hydrogens is 465 g/mol. The lowest BCUT2D eigenvalue weighted by molar-refractivity contribution is 0.101. The number of rotatable bonds is 6. The largest absolute Gasteiger partial charge is 0.398 e. The van der Waals surface area contributed by atoms with Crippen molar-refractivity contribution in [2.75, 3.05) is 16.4 Å². The molecule has 0 saturated carbocycles. The molecule has 0 atom stereocenters. The number of nitrogens with two attached hydrogens (primary N) is 3. The van der Waals surface area contributed by atoms with Gasteiger partial charge in [0.05, 0.1) is 5.56 Å². The molecule has 0 aliphatic heterocycles. The fourth-order valence-electron chi connectivity index (χ4n) is 2.78. The molecule has 0 unspecified atom stereocenters. The van der Waals surface area contributed by atoms with Crippen molar-refractivity contribution in [2.45, 2.75) is 0 Å². The molecule has 2 amide bonds. The van der Waals surface area contributed by atoms with Crippen LogP contribution in [0.3, 0.4) is 0 Å². The second kappa shape index (κ2) is 11.5. The third kappa shape index (κ3) is 6.70. The minimum absolute atomic E-state index is 0. The maximum Gasteiger partial charge on any atom is 0.257 e. The highest BCUT2D eigenvalue weighted by Crippen LogP contribution is 2.19. The molecule has 3 aromatic rings. The Hall–Kier alpha value is -4.08. The molecule has 3 rings (SSSR count). The first kappa shape index (κ1) is 27.0. The molecule has 3 aromatic carbocycles. The zero-order valence-corrected chi connectivity index (χ0v) is 18.8. The van der Waals surface area contributed by atoms with Gasteiger partial charge in [-0.05, 0) is 66.7 Å². The lowest BCUT2D eigenvalue weighted by atomic mass is 10.1. The Labute approximate surface area is 202 Å². The van der Waals surface area contributed by atoms with E-state index < -0.39 is 11.8 Å². The Morgan fingerprint density at radius 1 is 0.636 bits per heavy atom. The molecule has 0 saturated heterocycles. The van der Waals surface area contributed by atoms with Crippen LogP contribution >= 0.6 is 24.8 Å². The molecule has 0 aliphatic rings. The van der Waals surface area contributed by atoms with E-state index in [0.717, 1.165) is 0 Å². The zero-order valence-electron chi connectivity index (χ0n) is 17.2. The first-order valence-electron chi connectivity index (χ1n) is 9.16. The van der Waals surface area contributed by atoms with Crippen LogP contribution in [0.4, 0.5) is 17.1 Å². The first-order valence-corrected chi connectivity index (χ1v) is 9.16. The van der Waals surface area contributed by atoms with E-state index in [1.165, 1.54) is 18.2 Å². The van der Waals surface area contributed by atoms with Crippen LogP contribution in [0.5, 0.6) is 0 Å². The number of nitrogen functional groups attached to an aromatic ring is 3. The van der Waals surface area contributed by atoms with Crippen LogP contribution in [0.1, 0.15) is 31.8 Å². The Morgan fingerprint density at radius 2 is 1.03 bits per heavy atom. The molecule has 0 aromatic heterocycles. The topological polar surface area (TPSA) is 184 Å². The molecule has 10 N–H and O–H groups in total. The maximum atomic E-state index is 12.5. The van der Waals surface area contributed by atoms with Gasteiger partial charge in [-0.2, -0.15) is 0 Å². The number of amidine groups is 2. The molecule has 11 heteroatoms. The van der Waals surface area contributed by atoms with Crippen molar-refractivity contribution in [3.05, 3.63) is 89.0 Å². The highest BCUT2D eigenvalue weighted by Gasteiger charge is 2.14. The molecule has 0 heterocycles. The fraction of sp³-hybridized carbons (Fsp3) is 0. The fourth-order valence-corrected chi connectivity index (χ4v) is 2.78. The number of carbonyl (C=O) groups excluding carboxylic acids is 2. The lowest BCUT2D eigenvalue weighted by Crippen LogP contribution is -2.17. The molecule has 0 aliphatic carbocycles. The number of hydrogen-bond acceptors (Lipinski definition) is 5. The van der Waals surface area contributed by atoms with Crippen LogP contribution in [0, 0.1) is 10.8 Å². The van der Waals surface area contributed by atoms with Gasteiger partial charge < -0.3 is 27.8 Å². The summed E-state index contributed by atoms with van der Waals surface area (Å²) in [5.74, 6) is -0.950. The second-order valence-electron chi connectivity index (χ2n) is 6.69. The molecular formula is C22H23Cl2N7O2. The summed E-state index contributed by atoms with van der Waals surface area (Å²) in [5, 5.41) is 20.2. The maximum absolute atomic E-state index is 12.5. The van der Waals surface area contributed by atoms with Gasteiger partial charge >= 0.3 is 0 Å². The van der Waals surface area contributed by atoms with Crippen LogP contribution in [-0.2, 0) is 0 Å². The van der Waals surface area contributed by atoms with Crippen LogP contribution in [0.2, 0.25) is 0 Å². The summed E-state index contributed by atoms with van der Waals surface area (Å²) in [6.45, 7) is 0. The van der Waals surface area contributed by atoms with Crippen LogP contribution in [0.25, 0.3) is 0 Å². The van der Waals surface area contributed by atoms with Crippen molar-refractivity contribution in [3.63, 3.8) is 0 Å². The van der Waals surface area contributed by atoms with Gasteiger partial charge in [0.1, 0.15) is 11.7 Å². The monoisotopic (exact) mass is 487 g/mol. The van der Waals surface area contributed by atoms with E-state index in [-0.39, 0.29) is 53.3 Å². The van der Waals surface area contributed by atoms with E-state index in [9.17, 15) is 9.59 Å². The molecule has 0 radical (unpaired) electrons. The zero-order chi connectivity index (χ0) is 22.5. The number of halogens is 2. The number of amides is 2. The van der Waals surface area contributed by atoms with Gasteiger partial charge in [-0.3, -0.25) is 20.4 Å². The Morgan fingerprint density at radius 3 is 1.42 bits per heavy atom. The normalized spacial score (nSPS) is 9.58. The molecule has 33 heavy (non-hydrogen) atoms. The number of hydrogen-bond donors (Lipinski definition) is 7. The van der Waals surface area contributed by atoms with Crippen molar-refractivity contribution in [1.29, 1.82) is 10.8 Å². The third-order valence-electron chi connectivity index (χ3n) is 4.47. The number of anilines is 3. The molecule has 0 bridgehead atoms.